The maximum Gasteiger partial charge on any atom is 0.408 e. The molecule has 0 amide bonds. The van der Waals surface area contributed by atoms with Crippen molar-refractivity contribution < 1.29 is 26.0 Å². The Balaban J connectivity index is 1.90. The zero-order chi connectivity index (χ0) is 22.6. The lowest BCUT2D eigenvalue weighted by Crippen LogP contribution is -2.39. The fraction of sp³-hybridized carbons (Fsp3) is 0.450. The summed E-state index contributed by atoms with van der Waals surface area (Å²) < 4.78 is 85.0. The van der Waals surface area contributed by atoms with Crippen LogP contribution in [0.1, 0.15) is 38.3 Å². The molecule has 4 rings (SSSR count). The second-order valence-corrected chi connectivity index (χ2v) is 10.9. The minimum atomic E-state index is -4.89. The van der Waals surface area contributed by atoms with Gasteiger partial charge in [0.15, 0.2) is 0 Å². The molecule has 0 radical (unpaired) electrons. The van der Waals surface area contributed by atoms with Crippen LogP contribution in [0, 0.1) is 11.7 Å². The molecule has 1 aromatic carbocycles. The molecule has 0 saturated heterocycles. The molecule has 0 aliphatic heterocycles. The van der Waals surface area contributed by atoms with Gasteiger partial charge < -0.3 is 4.57 Å². The third-order valence-electron chi connectivity index (χ3n) is 5.15. The van der Waals surface area contributed by atoms with Gasteiger partial charge in [-0.3, -0.25) is 0 Å². The summed E-state index contributed by atoms with van der Waals surface area (Å²) in [5.74, 6) is -0.614. The number of aromatic nitrogens is 2. The Morgan fingerprint density at radius 3 is 2.55 bits per heavy atom. The number of hydrogen-bond donors (Lipinski definition) is 1. The molecule has 31 heavy (non-hydrogen) atoms. The van der Waals surface area contributed by atoms with Gasteiger partial charge in [-0.15, -0.1) is 11.3 Å². The second kappa shape index (κ2) is 7.86. The lowest BCUT2D eigenvalue weighted by Gasteiger charge is -2.21. The van der Waals surface area contributed by atoms with Crippen molar-refractivity contribution in [3.05, 3.63) is 40.6 Å². The fourth-order valence-corrected chi connectivity index (χ4v) is 5.69. The first-order valence-electron chi connectivity index (χ1n) is 9.76. The average molecular weight is 476 g/mol. The minimum Gasteiger partial charge on any atom is -0.347 e. The molecule has 1 aliphatic rings. The number of halogens is 4. The van der Waals surface area contributed by atoms with Crippen molar-refractivity contribution in [3.63, 3.8) is 0 Å². The molecule has 0 bridgehead atoms. The number of nitrogens with zero attached hydrogens (tertiary/aromatic N) is 2. The van der Waals surface area contributed by atoms with E-state index in [0.717, 1.165) is 6.07 Å². The number of fused-ring (bicyclic) bond motifs is 1. The molecule has 0 spiro atoms. The van der Waals surface area contributed by atoms with E-state index in [1.54, 1.807) is 15.5 Å². The highest BCUT2D eigenvalue weighted by Crippen LogP contribution is 2.41. The third-order valence-corrected chi connectivity index (χ3v) is 7.65. The van der Waals surface area contributed by atoms with Crippen LogP contribution < -0.4 is 4.72 Å². The Hall–Kier alpha value is -1.98. The van der Waals surface area contributed by atoms with Crippen LogP contribution in [0.4, 0.5) is 17.6 Å². The quantitative estimate of drug-likeness (QED) is 0.475. The van der Waals surface area contributed by atoms with E-state index in [9.17, 15) is 26.0 Å². The summed E-state index contributed by atoms with van der Waals surface area (Å²) in [6, 6.07) is 0.0629. The highest BCUT2D eigenvalue weighted by atomic mass is 32.2. The summed E-state index contributed by atoms with van der Waals surface area (Å²) in [5, 5.41) is 0.871. The molecule has 168 valence electrons. The van der Waals surface area contributed by atoms with Crippen molar-refractivity contribution in [2.24, 2.45) is 5.92 Å². The minimum absolute atomic E-state index is 0.0259. The highest BCUT2D eigenvalue weighted by molar-refractivity contribution is 7.90. The van der Waals surface area contributed by atoms with Crippen LogP contribution in [0.25, 0.3) is 22.2 Å². The lowest BCUT2D eigenvalue weighted by atomic mass is 10.0. The summed E-state index contributed by atoms with van der Waals surface area (Å²) in [5.41, 5.74) is 2.21. The number of rotatable bonds is 7. The van der Waals surface area contributed by atoms with Crippen LogP contribution in [0.5, 0.6) is 0 Å². The smallest absolute Gasteiger partial charge is 0.347 e. The summed E-state index contributed by atoms with van der Waals surface area (Å²) in [7, 11) is -4.14. The van der Waals surface area contributed by atoms with Gasteiger partial charge in [0.1, 0.15) is 11.9 Å². The van der Waals surface area contributed by atoms with E-state index in [1.165, 1.54) is 23.6 Å². The molecule has 0 unspecified atom stereocenters. The van der Waals surface area contributed by atoms with Gasteiger partial charge in [0.25, 0.3) is 0 Å². The standard InChI is InChI=1S/C20H21F4N3O2S2/c1-11(2)7-27-8-15(19(20(22,23)24)26-31(28,29)12-3-4-12)13-5-16(21)14(6-18(13)27)17-9-30-10-25-17/h5-6,8-12,19,26H,3-4,7H2,1-2H3/t19-/m0/s1. The maximum absolute atomic E-state index is 14.9. The van der Waals surface area contributed by atoms with Crippen molar-refractivity contribution in [1.29, 1.82) is 0 Å². The lowest BCUT2D eigenvalue weighted by molar-refractivity contribution is -0.152. The molecule has 1 aliphatic carbocycles. The van der Waals surface area contributed by atoms with Crippen LogP contribution in [-0.4, -0.2) is 29.4 Å². The van der Waals surface area contributed by atoms with Gasteiger partial charge in [-0.2, -0.15) is 17.9 Å². The van der Waals surface area contributed by atoms with Gasteiger partial charge in [0.2, 0.25) is 10.0 Å². The van der Waals surface area contributed by atoms with E-state index in [2.05, 4.69) is 4.98 Å². The van der Waals surface area contributed by atoms with Crippen molar-refractivity contribution in [2.75, 3.05) is 0 Å². The molecule has 1 fully saturated rings. The first-order valence-corrected chi connectivity index (χ1v) is 12.2. The molecule has 1 N–H and O–H groups in total. The molecule has 2 heterocycles. The molecule has 3 aromatic rings. The Morgan fingerprint density at radius 2 is 2.00 bits per heavy atom. The van der Waals surface area contributed by atoms with Gasteiger partial charge >= 0.3 is 6.18 Å². The largest absolute Gasteiger partial charge is 0.408 e. The Labute approximate surface area is 181 Å². The zero-order valence-corrected chi connectivity index (χ0v) is 18.4. The first kappa shape index (κ1) is 22.2. The van der Waals surface area contributed by atoms with Gasteiger partial charge in [-0.25, -0.2) is 17.8 Å². The number of benzene rings is 1. The average Bonchev–Trinajstić information content (AvgIpc) is 3.30. The van der Waals surface area contributed by atoms with E-state index in [-0.39, 0.29) is 22.4 Å². The summed E-state index contributed by atoms with van der Waals surface area (Å²) in [6.45, 7) is 4.21. The van der Waals surface area contributed by atoms with Gasteiger partial charge in [-0.05, 0) is 30.9 Å². The predicted octanol–water partition coefficient (Wildman–Crippen LogP) is 5.25. The number of thiazole rings is 1. The summed E-state index contributed by atoms with van der Waals surface area (Å²) in [6.07, 6.45) is -2.94. The van der Waals surface area contributed by atoms with E-state index in [0.29, 0.717) is 30.6 Å². The Bertz CT molecular complexity index is 1200. The topological polar surface area (TPSA) is 64.0 Å². The normalized spacial score (nSPS) is 16.4. The van der Waals surface area contributed by atoms with E-state index in [1.807, 2.05) is 18.6 Å². The first-order chi connectivity index (χ1) is 14.5. The fourth-order valence-electron chi connectivity index (χ4n) is 3.60. The molecule has 1 saturated carbocycles. The number of nitrogens with one attached hydrogen (secondary N) is 1. The Morgan fingerprint density at radius 1 is 1.29 bits per heavy atom. The molecule has 5 nitrogen and oxygen atoms in total. The van der Waals surface area contributed by atoms with Gasteiger partial charge in [0, 0.05) is 40.2 Å². The van der Waals surface area contributed by atoms with Crippen molar-refractivity contribution in [1.82, 2.24) is 14.3 Å². The number of hydrogen-bond acceptors (Lipinski definition) is 4. The zero-order valence-electron chi connectivity index (χ0n) is 16.8. The van der Waals surface area contributed by atoms with Gasteiger partial charge in [0.05, 0.1) is 16.5 Å². The molecular weight excluding hydrogens is 454 g/mol. The second-order valence-electron chi connectivity index (χ2n) is 8.19. The van der Waals surface area contributed by atoms with E-state index < -0.39 is 33.3 Å². The predicted molar refractivity (Wildman–Crippen MR) is 112 cm³/mol. The van der Waals surface area contributed by atoms with Crippen LogP contribution in [0.3, 0.4) is 0 Å². The monoisotopic (exact) mass is 475 g/mol. The van der Waals surface area contributed by atoms with Gasteiger partial charge in [-0.1, -0.05) is 13.8 Å². The molecule has 1 atom stereocenters. The highest BCUT2D eigenvalue weighted by Gasteiger charge is 2.47. The maximum atomic E-state index is 14.9. The number of sulfonamides is 1. The van der Waals surface area contributed by atoms with Crippen molar-refractivity contribution in [3.8, 4) is 11.3 Å². The van der Waals surface area contributed by atoms with Crippen molar-refractivity contribution in [2.45, 2.75) is 50.7 Å². The van der Waals surface area contributed by atoms with Crippen LogP contribution >= 0.6 is 11.3 Å². The Kier molecular flexibility index (Phi) is 5.63. The summed E-state index contributed by atoms with van der Waals surface area (Å²) in [4.78, 5) is 4.10. The summed E-state index contributed by atoms with van der Waals surface area (Å²) >= 11 is 1.28. The van der Waals surface area contributed by atoms with Crippen molar-refractivity contribution >= 4 is 32.3 Å². The molecular formula is C20H21F4N3O2S2. The van der Waals surface area contributed by atoms with E-state index in [4.69, 9.17) is 0 Å². The van der Waals surface area contributed by atoms with Crippen LogP contribution in [-0.2, 0) is 16.6 Å². The van der Waals surface area contributed by atoms with Crippen LogP contribution in [0.2, 0.25) is 0 Å². The van der Waals surface area contributed by atoms with E-state index >= 15 is 0 Å². The third kappa shape index (κ3) is 4.49. The molecule has 11 heteroatoms. The van der Waals surface area contributed by atoms with Crippen LogP contribution in [0.15, 0.2) is 29.2 Å². The SMILES string of the molecule is CC(C)Cn1cc([C@H](NS(=O)(=O)C2CC2)C(F)(F)F)c2cc(F)c(-c3cscn3)cc21. The molecule has 2 aromatic heterocycles. The number of alkyl halides is 3.